The third-order valence-electron chi connectivity index (χ3n) is 11.3. The lowest BCUT2D eigenvalue weighted by atomic mass is 10.0. The summed E-state index contributed by atoms with van der Waals surface area (Å²) in [6.07, 6.45) is 0. The molecule has 1 aliphatic rings. The van der Waals surface area contributed by atoms with Gasteiger partial charge >= 0.3 is 0 Å². The molecular formula is C52H33N3S2. The van der Waals surface area contributed by atoms with Crippen LogP contribution in [0.2, 0.25) is 0 Å². The van der Waals surface area contributed by atoms with E-state index >= 15 is 0 Å². The number of aromatic nitrogens is 1. The van der Waals surface area contributed by atoms with Crippen molar-refractivity contribution in [2.45, 2.75) is 9.79 Å². The molecule has 11 aromatic rings. The van der Waals surface area contributed by atoms with E-state index < -0.39 is 0 Å². The van der Waals surface area contributed by atoms with Crippen LogP contribution >= 0.6 is 23.1 Å². The van der Waals surface area contributed by atoms with Crippen molar-refractivity contribution < 1.29 is 0 Å². The first-order valence-electron chi connectivity index (χ1n) is 19.3. The number of nitrogens with zero attached hydrogens (tertiary/aromatic N) is 3. The van der Waals surface area contributed by atoms with Gasteiger partial charge in [0.05, 0.1) is 16.1 Å². The van der Waals surface area contributed by atoms with E-state index in [1.54, 1.807) is 0 Å². The van der Waals surface area contributed by atoms with Crippen LogP contribution in [-0.4, -0.2) is 4.57 Å². The molecule has 0 spiro atoms. The Labute approximate surface area is 338 Å². The Morgan fingerprint density at radius 2 is 1.05 bits per heavy atom. The lowest BCUT2D eigenvalue weighted by Gasteiger charge is -2.33. The third kappa shape index (κ3) is 5.13. The van der Waals surface area contributed by atoms with Crippen molar-refractivity contribution in [1.82, 2.24) is 4.57 Å². The lowest BCUT2D eigenvalue weighted by Crippen LogP contribution is -2.18. The van der Waals surface area contributed by atoms with Crippen LogP contribution in [0, 0.1) is 0 Å². The first-order chi connectivity index (χ1) is 28.3. The number of para-hydroxylation sites is 3. The Kier molecular flexibility index (Phi) is 7.34. The average molecular weight is 764 g/mol. The van der Waals surface area contributed by atoms with E-state index in [2.05, 4.69) is 215 Å². The van der Waals surface area contributed by atoms with Crippen molar-refractivity contribution in [3.8, 4) is 5.69 Å². The van der Waals surface area contributed by atoms with Crippen LogP contribution in [0.3, 0.4) is 0 Å². The predicted molar refractivity (Wildman–Crippen MR) is 245 cm³/mol. The molecule has 0 bridgehead atoms. The van der Waals surface area contributed by atoms with E-state index in [1.165, 1.54) is 68.1 Å². The highest BCUT2D eigenvalue weighted by Crippen LogP contribution is 2.56. The first-order valence-corrected chi connectivity index (χ1v) is 20.9. The van der Waals surface area contributed by atoms with Gasteiger partial charge in [-0.3, -0.25) is 9.47 Å². The van der Waals surface area contributed by atoms with Crippen molar-refractivity contribution in [3.05, 3.63) is 200 Å². The van der Waals surface area contributed by atoms with Gasteiger partial charge in [-0.2, -0.15) is 0 Å². The van der Waals surface area contributed by atoms with E-state index in [1.807, 2.05) is 23.1 Å². The van der Waals surface area contributed by atoms with Crippen molar-refractivity contribution in [1.29, 1.82) is 0 Å². The summed E-state index contributed by atoms with van der Waals surface area (Å²) in [5, 5.41) is 8.85. The minimum Gasteiger partial charge on any atom is -0.310 e. The Morgan fingerprint density at radius 3 is 1.95 bits per heavy atom. The minimum absolute atomic E-state index is 1.10. The summed E-state index contributed by atoms with van der Waals surface area (Å²) in [5.74, 6) is 1.16. The molecule has 57 heavy (non-hydrogen) atoms. The number of rotatable bonds is 5. The van der Waals surface area contributed by atoms with Gasteiger partial charge in [0.15, 0.2) is 0 Å². The second-order valence-electron chi connectivity index (χ2n) is 14.6. The Balaban J connectivity index is 1.05. The minimum atomic E-state index is 1.10. The molecule has 0 amide bonds. The maximum atomic E-state index is 2.45. The smallest absolute Gasteiger partial charge is 0.137 e. The standard InChI is InChI=1S/C52H33N3S2/c1-2-13-36(14-3-1)54-46-18-8-6-17-44(46)51-52(54)55(47-19-9-11-21-50(47)57-51)38-26-24-37(25-27-38)53(40-29-31-49-45(33-40)43-16-7-10-20-48(43)56-49)39-28-30-42-35(32-39)23-22-34-12-4-5-15-41(34)42/h1-33H. The Bertz CT molecular complexity index is 3340. The van der Waals surface area contributed by atoms with Crippen LogP contribution < -0.4 is 9.80 Å². The van der Waals surface area contributed by atoms with Crippen LogP contribution in [0.1, 0.15) is 0 Å². The summed E-state index contributed by atoms with van der Waals surface area (Å²) in [6.45, 7) is 0. The highest BCUT2D eigenvalue weighted by atomic mass is 32.2. The first kappa shape index (κ1) is 32.5. The molecule has 2 aromatic heterocycles. The van der Waals surface area contributed by atoms with Crippen LogP contribution in [0.5, 0.6) is 0 Å². The van der Waals surface area contributed by atoms with Crippen LogP contribution in [-0.2, 0) is 0 Å². The molecule has 0 atom stereocenters. The molecule has 3 nitrogen and oxygen atoms in total. The van der Waals surface area contributed by atoms with Crippen LogP contribution in [0.25, 0.3) is 58.3 Å². The number of anilines is 6. The third-order valence-corrected chi connectivity index (χ3v) is 13.6. The molecule has 0 saturated heterocycles. The lowest BCUT2D eigenvalue weighted by molar-refractivity contribution is 1.03. The summed E-state index contributed by atoms with van der Waals surface area (Å²) in [6, 6.07) is 73.2. The molecule has 5 heteroatoms. The van der Waals surface area contributed by atoms with Gasteiger partial charge in [0, 0.05) is 58.9 Å². The van der Waals surface area contributed by atoms with Gasteiger partial charge in [-0.15, -0.1) is 11.3 Å². The zero-order valence-corrected chi connectivity index (χ0v) is 32.3. The number of fused-ring (bicyclic) bond motifs is 10. The largest absolute Gasteiger partial charge is 0.310 e. The normalized spacial score (nSPS) is 12.5. The van der Waals surface area contributed by atoms with Gasteiger partial charge in [0.2, 0.25) is 0 Å². The molecular weight excluding hydrogens is 731 g/mol. The van der Waals surface area contributed by atoms with E-state index in [4.69, 9.17) is 0 Å². The van der Waals surface area contributed by atoms with Gasteiger partial charge in [-0.05, 0) is 113 Å². The predicted octanol–water partition coefficient (Wildman–Crippen LogP) is 15.7. The van der Waals surface area contributed by atoms with E-state index in [9.17, 15) is 0 Å². The van der Waals surface area contributed by atoms with Crippen molar-refractivity contribution in [2.24, 2.45) is 0 Å². The molecule has 1 aliphatic heterocycles. The molecule has 0 N–H and O–H groups in total. The quantitative estimate of drug-likeness (QED) is 0.162. The van der Waals surface area contributed by atoms with Crippen molar-refractivity contribution in [2.75, 3.05) is 9.80 Å². The van der Waals surface area contributed by atoms with E-state index in [-0.39, 0.29) is 0 Å². The van der Waals surface area contributed by atoms with Crippen molar-refractivity contribution >= 4 is 110 Å². The Hall–Kier alpha value is -6.79. The fourth-order valence-electron chi connectivity index (χ4n) is 8.74. The summed E-state index contributed by atoms with van der Waals surface area (Å²) in [4.78, 5) is 7.37. The van der Waals surface area contributed by atoms with Gasteiger partial charge in [0.25, 0.3) is 0 Å². The molecule has 12 rings (SSSR count). The van der Waals surface area contributed by atoms with Gasteiger partial charge in [0.1, 0.15) is 5.82 Å². The fraction of sp³-hybridized carbons (Fsp3) is 0. The second-order valence-corrected chi connectivity index (χ2v) is 16.7. The molecule has 0 aliphatic carbocycles. The summed E-state index contributed by atoms with van der Waals surface area (Å²) >= 11 is 3.72. The number of benzene rings is 9. The topological polar surface area (TPSA) is 11.4 Å². The molecule has 0 saturated carbocycles. The monoisotopic (exact) mass is 763 g/mol. The van der Waals surface area contributed by atoms with Gasteiger partial charge in [-0.25, -0.2) is 0 Å². The average Bonchev–Trinajstić information content (AvgIpc) is 3.81. The zero-order valence-electron chi connectivity index (χ0n) is 30.7. The van der Waals surface area contributed by atoms with E-state index in [0.717, 1.165) is 34.3 Å². The molecule has 0 unspecified atom stereocenters. The zero-order chi connectivity index (χ0) is 37.5. The second kappa shape index (κ2) is 12.9. The van der Waals surface area contributed by atoms with E-state index in [0.29, 0.717) is 0 Å². The van der Waals surface area contributed by atoms with Gasteiger partial charge in [-0.1, -0.05) is 121 Å². The number of hydrogen-bond donors (Lipinski definition) is 0. The Morgan fingerprint density at radius 1 is 0.404 bits per heavy atom. The molecule has 0 radical (unpaired) electrons. The molecule has 9 aromatic carbocycles. The number of thiophene rings is 1. The highest BCUT2D eigenvalue weighted by Gasteiger charge is 2.32. The highest BCUT2D eigenvalue weighted by molar-refractivity contribution is 8.00. The SMILES string of the molecule is c1ccc(-n2c3c(c4ccccc42)Sc2ccccc2N3c2ccc(N(c3ccc4c(ccc5ccccc54)c3)c3ccc4sc5ccccc5c4c3)cc2)cc1. The van der Waals surface area contributed by atoms with Gasteiger partial charge < -0.3 is 4.90 Å². The molecule has 3 heterocycles. The summed E-state index contributed by atoms with van der Waals surface area (Å²) in [5.41, 5.74) is 7.97. The fourth-order valence-corrected chi connectivity index (χ4v) is 11.0. The van der Waals surface area contributed by atoms with Crippen LogP contribution in [0.15, 0.2) is 210 Å². The summed E-state index contributed by atoms with van der Waals surface area (Å²) in [7, 11) is 0. The van der Waals surface area contributed by atoms with Crippen LogP contribution in [0.4, 0.5) is 34.3 Å². The maximum absolute atomic E-state index is 2.45. The summed E-state index contributed by atoms with van der Waals surface area (Å²) < 4.78 is 5.03. The molecule has 268 valence electrons. The maximum Gasteiger partial charge on any atom is 0.137 e. The molecule has 0 fully saturated rings. The van der Waals surface area contributed by atoms with Crippen molar-refractivity contribution in [3.63, 3.8) is 0 Å². The number of hydrogen-bond acceptors (Lipinski definition) is 4.